The van der Waals surface area contributed by atoms with Crippen LogP contribution in [0.15, 0.2) is 18.5 Å². The lowest BCUT2D eigenvalue weighted by Gasteiger charge is -2.10. The summed E-state index contributed by atoms with van der Waals surface area (Å²) in [5.74, 6) is -0.356. The Kier molecular flexibility index (Phi) is 10.0. The second kappa shape index (κ2) is 8.85. The molecule has 1 heterocycles. The molecule has 3 nitrogen and oxygen atoms in total. The Morgan fingerprint density at radius 1 is 1.47 bits per heavy atom. The maximum atomic E-state index is 12.7. The molecule has 0 saturated heterocycles. The average Bonchev–Trinajstić information content (AvgIpc) is 2.14. The van der Waals surface area contributed by atoms with Gasteiger partial charge in [0.25, 0.3) is 0 Å². The minimum absolute atomic E-state index is 0. The van der Waals surface area contributed by atoms with Crippen molar-refractivity contribution in [2.75, 3.05) is 13.7 Å². The number of methoxy groups -OCH3 is 1. The molecule has 0 aliphatic heterocycles. The van der Waals surface area contributed by atoms with Crippen LogP contribution in [-0.2, 0) is 4.74 Å². The fourth-order valence-corrected chi connectivity index (χ4v) is 1.04. The number of nitrogens with two attached hydrogens (primary N) is 1. The van der Waals surface area contributed by atoms with E-state index in [0.717, 1.165) is 6.20 Å². The van der Waals surface area contributed by atoms with Gasteiger partial charge in [-0.15, -0.1) is 24.8 Å². The quantitative estimate of drug-likeness (QED) is 0.898. The van der Waals surface area contributed by atoms with Gasteiger partial charge in [-0.2, -0.15) is 0 Å². The smallest absolute Gasteiger partial charge is 0.141 e. The lowest BCUT2D eigenvalue weighted by atomic mass is 10.1. The molecule has 88 valence electrons. The lowest BCUT2D eigenvalue weighted by molar-refractivity contribution is 0.188. The maximum absolute atomic E-state index is 12.7. The fourth-order valence-electron chi connectivity index (χ4n) is 1.04. The Bertz CT molecular complexity index is 276. The average molecular weight is 257 g/mol. The Balaban J connectivity index is 0. The third-order valence-corrected chi connectivity index (χ3v) is 1.79. The highest BCUT2D eigenvalue weighted by molar-refractivity contribution is 5.85. The molecule has 1 atom stereocenters. The van der Waals surface area contributed by atoms with Crippen molar-refractivity contribution in [3.8, 4) is 0 Å². The van der Waals surface area contributed by atoms with Crippen LogP contribution in [0.2, 0.25) is 0 Å². The van der Waals surface area contributed by atoms with Crippen LogP contribution in [0.4, 0.5) is 4.39 Å². The minimum Gasteiger partial charge on any atom is -0.385 e. The number of hydrogen-bond acceptors (Lipinski definition) is 3. The van der Waals surface area contributed by atoms with Gasteiger partial charge >= 0.3 is 0 Å². The van der Waals surface area contributed by atoms with E-state index in [1.807, 2.05) is 0 Å². The monoisotopic (exact) mass is 256 g/mol. The number of pyridine rings is 1. The molecule has 2 N–H and O–H groups in total. The molecule has 0 spiro atoms. The van der Waals surface area contributed by atoms with Crippen LogP contribution in [0.1, 0.15) is 18.0 Å². The summed E-state index contributed by atoms with van der Waals surface area (Å²) in [6.45, 7) is 0.567. The molecule has 0 saturated carbocycles. The first-order valence-corrected chi connectivity index (χ1v) is 4.09. The number of rotatable bonds is 4. The van der Waals surface area contributed by atoms with E-state index in [9.17, 15) is 4.39 Å². The molecule has 1 aromatic rings. The van der Waals surface area contributed by atoms with Crippen LogP contribution < -0.4 is 5.73 Å². The van der Waals surface area contributed by atoms with Crippen LogP contribution in [0.3, 0.4) is 0 Å². The molecule has 6 heteroatoms. The van der Waals surface area contributed by atoms with Crippen LogP contribution >= 0.6 is 24.8 Å². The third kappa shape index (κ3) is 5.89. The molecular weight excluding hydrogens is 242 g/mol. The normalized spacial score (nSPS) is 11.1. The zero-order valence-corrected chi connectivity index (χ0v) is 9.98. The predicted octanol–water partition coefficient (Wildman–Crippen LogP) is 2.10. The first-order valence-electron chi connectivity index (χ1n) is 4.09. The molecule has 0 aliphatic rings. The molecule has 0 aromatic carbocycles. The number of nitrogens with zero attached hydrogens (tertiary/aromatic N) is 1. The SMILES string of the molecule is COCCC(N)c1cncc(F)c1.Cl.Cl. The van der Waals surface area contributed by atoms with E-state index in [0.29, 0.717) is 18.6 Å². The Morgan fingerprint density at radius 3 is 2.67 bits per heavy atom. The number of aromatic nitrogens is 1. The van der Waals surface area contributed by atoms with Gasteiger partial charge in [-0.05, 0) is 18.1 Å². The van der Waals surface area contributed by atoms with Crippen molar-refractivity contribution in [2.45, 2.75) is 12.5 Å². The highest BCUT2D eigenvalue weighted by atomic mass is 35.5. The Labute approximate surface area is 101 Å². The van der Waals surface area contributed by atoms with Crippen molar-refractivity contribution in [3.05, 3.63) is 29.8 Å². The summed E-state index contributed by atoms with van der Waals surface area (Å²) >= 11 is 0. The molecule has 1 rings (SSSR count). The Morgan fingerprint density at radius 2 is 2.13 bits per heavy atom. The van der Waals surface area contributed by atoms with Crippen molar-refractivity contribution in [3.63, 3.8) is 0 Å². The first-order chi connectivity index (χ1) is 6.24. The summed E-state index contributed by atoms with van der Waals surface area (Å²) in [7, 11) is 1.61. The molecule has 15 heavy (non-hydrogen) atoms. The van der Waals surface area contributed by atoms with Crippen LogP contribution in [-0.4, -0.2) is 18.7 Å². The molecule has 0 bridgehead atoms. The maximum Gasteiger partial charge on any atom is 0.141 e. The van der Waals surface area contributed by atoms with Gasteiger partial charge < -0.3 is 10.5 Å². The summed E-state index contributed by atoms with van der Waals surface area (Å²) < 4.78 is 17.6. The van der Waals surface area contributed by atoms with Crippen molar-refractivity contribution in [2.24, 2.45) is 5.73 Å². The van der Waals surface area contributed by atoms with E-state index in [1.54, 1.807) is 13.3 Å². The lowest BCUT2D eigenvalue weighted by Crippen LogP contribution is -2.13. The van der Waals surface area contributed by atoms with Crippen LogP contribution in [0.25, 0.3) is 0 Å². The van der Waals surface area contributed by atoms with Crippen molar-refractivity contribution >= 4 is 24.8 Å². The summed E-state index contributed by atoms with van der Waals surface area (Å²) in [6, 6.07) is 1.19. The van der Waals surface area contributed by atoms with Gasteiger partial charge in [0, 0.05) is 26.0 Å². The first kappa shape index (κ1) is 17.0. The number of hydrogen-bond donors (Lipinski definition) is 1. The van der Waals surface area contributed by atoms with Gasteiger partial charge in [-0.1, -0.05) is 0 Å². The number of halogens is 3. The van der Waals surface area contributed by atoms with E-state index in [4.69, 9.17) is 10.5 Å². The summed E-state index contributed by atoms with van der Waals surface area (Å²) in [5.41, 5.74) is 6.47. The predicted molar refractivity (Wildman–Crippen MR) is 62.1 cm³/mol. The highest BCUT2D eigenvalue weighted by Crippen LogP contribution is 2.13. The van der Waals surface area contributed by atoms with Crippen LogP contribution in [0.5, 0.6) is 0 Å². The molecule has 1 aromatic heterocycles. The van der Waals surface area contributed by atoms with E-state index in [1.165, 1.54) is 6.07 Å². The molecule has 0 amide bonds. The van der Waals surface area contributed by atoms with Crippen molar-refractivity contribution in [1.29, 1.82) is 0 Å². The molecular formula is C9H15Cl2FN2O. The summed E-state index contributed by atoms with van der Waals surface area (Å²) in [4.78, 5) is 3.72. The second-order valence-electron chi connectivity index (χ2n) is 2.82. The highest BCUT2D eigenvalue weighted by Gasteiger charge is 2.06. The van der Waals surface area contributed by atoms with E-state index >= 15 is 0 Å². The van der Waals surface area contributed by atoms with Gasteiger partial charge in [-0.3, -0.25) is 4.98 Å². The fraction of sp³-hybridized carbons (Fsp3) is 0.444. The molecule has 0 radical (unpaired) electrons. The molecule has 1 unspecified atom stereocenters. The van der Waals surface area contributed by atoms with Gasteiger partial charge in [0.05, 0.1) is 6.20 Å². The van der Waals surface area contributed by atoms with Crippen LogP contribution in [0, 0.1) is 5.82 Å². The zero-order valence-electron chi connectivity index (χ0n) is 8.35. The van der Waals surface area contributed by atoms with E-state index < -0.39 is 0 Å². The molecule has 0 fully saturated rings. The summed E-state index contributed by atoms with van der Waals surface area (Å²) in [5, 5.41) is 0. The zero-order chi connectivity index (χ0) is 9.68. The topological polar surface area (TPSA) is 48.1 Å². The standard InChI is InChI=1S/C9H13FN2O.2ClH/c1-13-3-2-9(11)7-4-8(10)6-12-5-7;;/h4-6,9H,2-3,11H2,1H3;2*1H. The largest absolute Gasteiger partial charge is 0.385 e. The van der Waals surface area contributed by atoms with Gasteiger partial charge in [0.2, 0.25) is 0 Å². The van der Waals surface area contributed by atoms with Crippen molar-refractivity contribution in [1.82, 2.24) is 4.98 Å². The van der Waals surface area contributed by atoms with E-state index in [2.05, 4.69) is 4.98 Å². The number of ether oxygens (including phenoxy) is 1. The van der Waals surface area contributed by atoms with Crippen molar-refractivity contribution < 1.29 is 9.13 Å². The molecule has 0 aliphatic carbocycles. The third-order valence-electron chi connectivity index (χ3n) is 1.79. The van der Waals surface area contributed by atoms with Gasteiger partial charge in [-0.25, -0.2) is 4.39 Å². The van der Waals surface area contributed by atoms with Gasteiger partial charge in [0.15, 0.2) is 0 Å². The summed E-state index contributed by atoms with van der Waals surface area (Å²) in [6.07, 6.45) is 3.40. The minimum atomic E-state index is -0.356. The van der Waals surface area contributed by atoms with E-state index in [-0.39, 0.29) is 36.7 Å². The van der Waals surface area contributed by atoms with Gasteiger partial charge in [0.1, 0.15) is 5.82 Å². The second-order valence-corrected chi connectivity index (χ2v) is 2.82. The Hall–Kier alpha value is -0.420.